The Balaban J connectivity index is 1.78. The van der Waals surface area contributed by atoms with E-state index in [1.54, 1.807) is 4.90 Å². The van der Waals surface area contributed by atoms with Crippen molar-refractivity contribution >= 4 is 21.8 Å². The van der Waals surface area contributed by atoms with Crippen LogP contribution < -0.4 is 10.0 Å². The molecule has 0 spiro atoms. The maximum absolute atomic E-state index is 12.0. The fourth-order valence-corrected chi connectivity index (χ4v) is 2.94. The van der Waals surface area contributed by atoms with Gasteiger partial charge in [-0.25, -0.2) is 13.1 Å². The third-order valence-electron chi connectivity index (χ3n) is 3.59. The first-order chi connectivity index (χ1) is 10.8. The molecule has 1 aromatic carbocycles. The normalized spacial score (nSPS) is 18.2. The van der Waals surface area contributed by atoms with E-state index in [9.17, 15) is 18.0 Å². The van der Waals surface area contributed by atoms with E-state index in [0.29, 0.717) is 13.1 Å². The summed E-state index contributed by atoms with van der Waals surface area (Å²) in [5.74, 6) is -0.642. The highest BCUT2D eigenvalue weighted by atomic mass is 32.2. The van der Waals surface area contributed by atoms with Gasteiger partial charge in [0.1, 0.15) is 0 Å². The van der Waals surface area contributed by atoms with Crippen molar-refractivity contribution in [2.75, 3.05) is 25.9 Å². The molecule has 1 saturated heterocycles. The van der Waals surface area contributed by atoms with Gasteiger partial charge in [-0.3, -0.25) is 9.59 Å². The number of nitrogens with zero attached hydrogens (tertiary/aromatic N) is 1. The molecule has 1 aromatic rings. The van der Waals surface area contributed by atoms with Gasteiger partial charge in [-0.2, -0.15) is 0 Å². The van der Waals surface area contributed by atoms with Gasteiger partial charge in [0.2, 0.25) is 21.8 Å². The zero-order valence-corrected chi connectivity index (χ0v) is 13.8. The zero-order chi connectivity index (χ0) is 16.9. The van der Waals surface area contributed by atoms with Crippen molar-refractivity contribution in [3.05, 3.63) is 35.9 Å². The molecule has 126 valence electrons. The number of hydrogen-bond donors (Lipinski definition) is 2. The summed E-state index contributed by atoms with van der Waals surface area (Å²) in [5, 5.41) is 2.66. The smallest absolute Gasteiger partial charge is 0.225 e. The van der Waals surface area contributed by atoms with Crippen LogP contribution in [0.1, 0.15) is 12.0 Å². The monoisotopic (exact) mass is 339 g/mol. The minimum absolute atomic E-state index is 0.0386. The third-order valence-corrected chi connectivity index (χ3v) is 4.32. The van der Waals surface area contributed by atoms with Gasteiger partial charge in [-0.15, -0.1) is 0 Å². The van der Waals surface area contributed by atoms with Gasteiger partial charge >= 0.3 is 0 Å². The molecule has 2 rings (SSSR count). The van der Waals surface area contributed by atoms with Crippen LogP contribution in [0.5, 0.6) is 0 Å². The lowest BCUT2D eigenvalue weighted by atomic mass is 10.1. The highest BCUT2D eigenvalue weighted by molar-refractivity contribution is 7.88. The van der Waals surface area contributed by atoms with Gasteiger partial charge < -0.3 is 10.2 Å². The number of carbonyl (C=O) groups is 2. The number of benzene rings is 1. The van der Waals surface area contributed by atoms with Crippen LogP contribution in [0.2, 0.25) is 0 Å². The molecular weight excluding hydrogens is 318 g/mol. The summed E-state index contributed by atoms with van der Waals surface area (Å²) in [4.78, 5) is 25.7. The fraction of sp³-hybridized carbons (Fsp3) is 0.467. The van der Waals surface area contributed by atoms with Crippen LogP contribution in [0.3, 0.4) is 0 Å². The minimum Gasteiger partial charge on any atom is -0.354 e. The van der Waals surface area contributed by atoms with E-state index in [4.69, 9.17) is 0 Å². The molecule has 0 bridgehead atoms. The van der Waals surface area contributed by atoms with Crippen LogP contribution in [0.15, 0.2) is 30.3 Å². The molecular formula is C15H21N3O4S. The van der Waals surface area contributed by atoms with Gasteiger partial charge in [0.25, 0.3) is 0 Å². The van der Waals surface area contributed by atoms with Crippen molar-refractivity contribution < 1.29 is 18.0 Å². The number of amides is 2. The second-order valence-electron chi connectivity index (χ2n) is 5.62. The Hall–Kier alpha value is -1.93. The highest BCUT2D eigenvalue weighted by Crippen LogP contribution is 2.20. The van der Waals surface area contributed by atoms with Crippen molar-refractivity contribution in [3.8, 4) is 0 Å². The average molecular weight is 339 g/mol. The van der Waals surface area contributed by atoms with Crippen molar-refractivity contribution in [1.29, 1.82) is 0 Å². The number of nitrogens with one attached hydrogen (secondary N) is 2. The van der Waals surface area contributed by atoms with Crippen molar-refractivity contribution in [2.45, 2.75) is 13.0 Å². The maximum Gasteiger partial charge on any atom is 0.225 e. The van der Waals surface area contributed by atoms with E-state index in [1.165, 1.54) is 0 Å². The molecule has 2 N–H and O–H groups in total. The lowest BCUT2D eigenvalue weighted by molar-refractivity contribution is -0.129. The molecule has 8 heteroatoms. The molecule has 23 heavy (non-hydrogen) atoms. The first-order valence-corrected chi connectivity index (χ1v) is 9.28. The molecule has 1 aliphatic heterocycles. The Labute approximate surface area is 136 Å². The Morgan fingerprint density at radius 3 is 2.61 bits per heavy atom. The third kappa shape index (κ3) is 5.65. The molecule has 1 atom stereocenters. The first-order valence-electron chi connectivity index (χ1n) is 7.39. The van der Waals surface area contributed by atoms with Crippen LogP contribution in [0, 0.1) is 5.92 Å². The summed E-state index contributed by atoms with van der Waals surface area (Å²) >= 11 is 0. The number of carbonyl (C=O) groups excluding carboxylic acids is 2. The van der Waals surface area contributed by atoms with Crippen molar-refractivity contribution in [1.82, 2.24) is 14.9 Å². The highest BCUT2D eigenvalue weighted by Gasteiger charge is 2.33. The zero-order valence-electron chi connectivity index (χ0n) is 13.0. The largest absolute Gasteiger partial charge is 0.354 e. The molecule has 1 heterocycles. The average Bonchev–Trinajstić information content (AvgIpc) is 2.85. The molecule has 0 radical (unpaired) electrons. The van der Waals surface area contributed by atoms with E-state index in [1.807, 2.05) is 30.3 Å². The van der Waals surface area contributed by atoms with Crippen LogP contribution in [-0.4, -0.2) is 51.0 Å². The van der Waals surface area contributed by atoms with Crippen LogP contribution in [0.4, 0.5) is 0 Å². The SMILES string of the molecule is CS(=O)(=O)NCCNC(=O)[C@H]1CC(=O)N(Cc2ccccc2)C1. The van der Waals surface area contributed by atoms with Gasteiger partial charge in [0, 0.05) is 32.6 Å². The number of rotatable bonds is 7. The predicted molar refractivity (Wildman–Crippen MR) is 85.8 cm³/mol. The van der Waals surface area contributed by atoms with E-state index in [2.05, 4.69) is 10.0 Å². The second kappa shape index (κ2) is 7.56. The maximum atomic E-state index is 12.0. The Bertz CT molecular complexity index is 661. The lowest BCUT2D eigenvalue weighted by Gasteiger charge is -2.16. The molecule has 1 aliphatic rings. The predicted octanol–water partition coefficient (Wildman–Crippen LogP) is -0.299. The van der Waals surface area contributed by atoms with Gasteiger partial charge in [0.15, 0.2) is 0 Å². The standard InChI is InChI=1S/C15H21N3O4S/c1-23(21,22)17-8-7-16-15(20)13-9-14(19)18(11-13)10-12-5-3-2-4-6-12/h2-6,13,17H,7-11H2,1H3,(H,16,20)/t13-/m0/s1. The summed E-state index contributed by atoms with van der Waals surface area (Å²) in [6.07, 6.45) is 1.25. The van der Waals surface area contributed by atoms with Crippen LogP contribution in [-0.2, 0) is 26.2 Å². The Morgan fingerprint density at radius 2 is 1.96 bits per heavy atom. The first kappa shape index (κ1) is 17.4. The summed E-state index contributed by atoms with van der Waals surface area (Å²) < 4.78 is 24.1. The molecule has 0 aromatic heterocycles. The minimum atomic E-state index is -3.26. The molecule has 7 nitrogen and oxygen atoms in total. The molecule has 0 saturated carbocycles. The molecule has 2 amide bonds. The summed E-state index contributed by atoms with van der Waals surface area (Å²) in [6, 6.07) is 9.62. The fourth-order valence-electron chi connectivity index (χ4n) is 2.47. The van der Waals surface area contributed by atoms with E-state index < -0.39 is 10.0 Å². The van der Waals surface area contributed by atoms with Crippen LogP contribution in [0.25, 0.3) is 0 Å². The second-order valence-corrected chi connectivity index (χ2v) is 7.45. The quantitative estimate of drug-likeness (QED) is 0.667. The van der Waals surface area contributed by atoms with Gasteiger partial charge in [0.05, 0.1) is 12.2 Å². The van der Waals surface area contributed by atoms with E-state index in [-0.39, 0.29) is 37.2 Å². The number of likely N-dealkylation sites (tertiary alicyclic amines) is 1. The summed E-state index contributed by atoms with van der Waals surface area (Å²) in [5.41, 5.74) is 1.03. The summed E-state index contributed by atoms with van der Waals surface area (Å²) in [6.45, 7) is 1.23. The lowest BCUT2D eigenvalue weighted by Crippen LogP contribution is -2.38. The Kier molecular flexibility index (Phi) is 5.73. The van der Waals surface area contributed by atoms with Gasteiger partial charge in [-0.05, 0) is 5.56 Å². The number of hydrogen-bond acceptors (Lipinski definition) is 4. The van der Waals surface area contributed by atoms with Crippen LogP contribution >= 0.6 is 0 Å². The molecule has 0 aliphatic carbocycles. The topological polar surface area (TPSA) is 95.6 Å². The van der Waals surface area contributed by atoms with E-state index in [0.717, 1.165) is 11.8 Å². The van der Waals surface area contributed by atoms with E-state index >= 15 is 0 Å². The van der Waals surface area contributed by atoms with Crippen molar-refractivity contribution in [3.63, 3.8) is 0 Å². The summed E-state index contributed by atoms with van der Waals surface area (Å²) in [7, 11) is -3.26. The van der Waals surface area contributed by atoms with Crippen molar-refractivity contribution in [2.24, 2.45) is 5.92 Å². The number of sulfonamides is 1. The molecule has 1 fully saturated rings. The molecule has 0 unspecified atom stereocenters. The van der Waals surface area contributed by atoms with Gasteiger partial charge in [-0.1, -0.05) is 30.3 Å². The Morgan fingerprint density at radius 1 is 1.26 bits per heavy atom.